The summed E-state index contributed by atoms with van der Waals surface area (Å²) in [6.45, 7) is 0. The van der Waals surface area contributed by atoms with Crippen molar-refractivity contribution >= 4 is 21.9 Å². The van der Waals surface area contributed by atoms with E-state index in [2.05, 4.69) is 15.9 Å². The van der Waals surface area contributed by atoms with Gasteiger partial charge >= 0.3 is 0 Å². The third-order valence-electron chi connectivity index (χ3n) is 3.51. The Hall–Kier alpha value is -0.0500. The molecule has 0 spiro atoms. The van der Waals surface area contributed by atoms with E-state index in [1.807, 2.05) is 0 Å². The first-order valence-corrected chi connectivity index (χ1v) is 9.15. The lowest BCUT2D eigenvalue weighted by Crippen LogP contribution is -2.21. The molecule has 0 aliphatic rings. The number of carbonyl (C=O) groups excluding carboxylic acids is 1. The number of carboxylic acid groups (broad SMARTS) is 1. The van der Waals surface area contributed by atoms with Crippen LogP contribution in [-0.4, -0.2) is 11.3 Å². The Morgan fingerprint density at radius 2 is 0.947 bits per heavy atom. The van der Waals surface area contributed by atoms with Crippen LogP contribution in [0.25, 0.3) is 0 Å². The Morgan fingerprint density at radius 3 is 1.26 bits per heavy atom. The Balaban J connectivity index is 2.93. The first-order chi connectivity index (χ1) is 9.27. The van der Waals surface area contributed by atoms with E-state index in [4.69, 9.17) is 0 Å². The second-order valence-electron chi connectivity index (χ2n) is 5.41. The van der Waals surface area contributed by atoms with E-state index in [0.29, 0.717) is 0 Å². The minimum atomic E-state index is -0.906. The number of rotatable bonds is 15. The van der Waals surface area contributed by atoms with E-state index in [1.54, 1.807) is 0 Å². The molecule has 0 rings (SSSR count). The summed E-state index contributed by atoms with van der Waals surface area (Å²) in [5, 5.41) is 11.4. The number of carboxylic acids is 1. The fourth-order valence-electron chi connectivity index (χ4n) is 2.31. The summed E-state index contributed by atoms with van der Waals surface area (Å²) in [7, 11) is 0. The smallest absolute Gasteiger partial charge is 0.0414 e. The molecule has 0 aromatic carbocycles. The summed E-state index contributed by atoms with van der Waals surface area (Å²) in [5.74, 6) is -0.906. The van der Waals surface area contributed by atoms with Gasteiger partial charge in [-0.3, -0.25) is 0 Å². The molecule has 0 atom stereocenters. The van der Waals surface area contributed by atoms with Crippen molar-refractivity contribution in [2.24, 2.45) is 0 Å². The van der Waals surface area contributed by atoms with Crippen molar-refractivity contribution < 1.29 is 9.90 Å². The number of halogens is 1. The van der Waals surface area contributed by atoms with Crippen LogP contribution < -0.4 is 5.11 Å². The van der Waals surface area contributed by atoms with Gasteiger partial charge in [-0.05, 0) is 19.3 Å². The summed E-state index contributed by atoms with van der Waals surface area (Å²) in [6.07, 6.45) is 16.8. The standard InChI is InChI=1S/C16H31BrO2/c17-15-13-11-9-7-5-3-1-2-4-6-8-10-12-14-16(18)19/h1-15H2,(H,18,19)/p-1. The molecule has 3 heteroatoms. The first kappa shape index (κ1) is 18.9. The van der Waals surface area contributed by atoms with E-state index in [9.17, 15) is 9.90 Å². The zero-order valence-electron chi connectivity index (χ0n) is 12.3. The summed E-state index contributed by atoms with van der Waals surface area (Å²) < 4.78 is 0. The van der Waals surface area contributed by atoms with Crippen LogP contribution in [0.3, 0.4) is 0 Å². The first-order valence-electron chi connectivity index (χ1n) is 8.03. The maximum atomic E-state index is 10.2. The summed E-state index contributed by atoms with van der Waals surface area (Å²) >= 11 is 3.46. The Kier molecular flexibility index (Phi) is 16.0. The number of carbonyl (C=O) groups is 1. The fraction of sp³-hybridized carbons (Fsp3) is 0.938. The van der Waals surface area contributed by atoms with Gasteiger partial charge in [0.2, 0.25) is 0 Å². The molecule has 0 amide bonds. The van der Waals surface area contributed by atoms with Crippen LogP contribution in [0.1, 0.15) is 89.9 Å². The summed E-state index contributed by atoms with van der Waals surface area (Å²) in [4.78, 5) is 10.2. The molecule has 0 aliphatic heterocycles. The highest BCUT2D eigenvalue weighted by atomic mass is 79.9. The van der Waals surface area contributed by atoms with Crippen LogP contribution in [0.15, 0.2) is 0 Å². The van der Waals surface area contributed by atoms with Crippen LogP contribution in [0.5, 0.6) is 0 Å². The Morgan fingerprint density at radius 1 is 0.632 bits per heavy atom. The normalized spacial score (nSPS) is 10.8. The van der Waals surface area contributed by atoms with Gasteiger partial charge in [-0.2, -0.15) is 0 Å². The van der Waals surface area contributed by atoms with Gasteiger partial charge in [-0.1, -0.05) is 86.6 Å². The van der Waals surface area contributed by atoms with E-state index in [0.717, 1.165) is 18.2 Å². The lowest BCUT2D eigenvalue weighted by Gasteiger charge is -2.03. The molecule has 2 nitrogen and oxygen atoms in total. The molecule has 114 valence electrons. The van der Waals surface area contributed by atoms with Crippen molar-refractivity contribution in [3.05, 3.63) is 0 Å². The monoisotopic (exact) mass is 333 g/mol. The van der Waals surface area contributed by atoms with Gasteiger partial charge in [-0.25, -0.2) is 0 Å². The average Bonchev–Trinajstić information content (AvgIpc) is 2.39. The third-order valence-corrected chi connectivity index (χ3v) is 4.08. The number of unbranched alkanes of at least 4 members (excludes halogenated alkanes) is 12. The Labute approximate surface area is 127 Å². The number of hydrogen-bond acceptors (Lipinski definition) is 2. The van der Waals surface area contributed by atoms with Gasteiger partial charge in [0, 0.05) is 11.3 Å². The topological polar surface area (TPSA) is 40.1 Å². The molecule has 0 N–H and O–H groups in total. The second-order valence-corrected chi connectivity index (χ2v) is 6.20. The SMILES string of the molecule is O=C([O-])CCCCCCCCCCCCCCCBr. The van der Waals surface area contributed by atoms with Crippen LogP contribution >= 0.6 is 15.9 Å². The molecular formula is C16H30BrO2-. The van der Waals surface area contributed by atoms with Crippen molar-refractivity contribution in [1.82, 2.24) is 0 Å². The maximum Gasteiger partial charge on any atom is 0.0414 e. The third kappa shape index (κ3) is 17.9. The molecule has 0 heterocycles. The highest BCUT2D eigenvalue weighted by Crippen LogP contribution is 2.13. The van der Waals surface area contributed by atoms with Gasteiger partial charge in [0.1, 0.15) is 0 Å². The molecule has 0 saturated heterocycles. The highest BCUT2D eigenvalue weighted by molar-refractivity contribution is 9.09. The second kappa shape index (κ2) is 16.0. The van der Waals surface area contributed by atoms with Gasteiger partial charge in [0.25, 0.3) is 0 Å². The molecule has 0 aliphatic carbocycles. The summed E-state index contributed by atoms with van der Waals surface area (Å²) in [6, 6.07) is 0. The average molecular weight is 334 g/mol. The lowest BCUT2D eigenvalue weighted by molar-refractivity contribution is -0.305. The van der Waals surface area contributed by atoms with Gasteiger partial charge in [-0.15, -0.1) is 0 Å². The summed E-state index contributed by atoms with van der Waals surface area (Å²) in [5.41, 5.74) is 0. The largest absolute Gasteiger partial charge is 0.550 e. The van der Waals surface area contributed by atoms with Crippen molar-refractivity contribution in [2.75, 3.05) is 5.33 Å². The van der Waals surface area contributed by atoms with E-state index >= 15 is 0 Å². The quantitative estimate of drug-likeness (QED) is 0.324. The molecule has 19 heavy (non-hydrogen) atoms. The maximum absolute atomic E-state index is 10.2. The van der Waals surface area contributed by atoms with Crippen LogP contribution in [0.2, 0.25) is 0 Å². The van der Waals surface area contributed by atoms with Crippen LogP contribution in [0, 0.1) is 0 Å². The lowest BCUT2D eigenvalue weighted by atomic mass is 10.0. The minimum Gasteiger partial charge on any atom is -0.550 e. The van der Waals surface area contributed by atoms with Crippen LogP contribution in [-0.2, 0) is 4.79 Å². The predicted molar refractivity (Wildman–Crippen MR) is 83.4 cm³/mol. The molecule has 0 unspecified atom stereocenters. The van der Waals surface area contributed by atoms with Crippen molar-refractivity contribution in [3.63, 3.8) is 0 Å². The van der Waals surface area contributed by atoms with E-state index < -0.39 is 5.97 Å². The van der Waals surface area contributed by atoms with Crippen molar-refractivity contribution in [2.45, 2.75) is 89.9 Å². The number of aliphatic carboxylic acids is 1. The van der Waals surface area contributed by atoms with Crippen molar-refractivity contribution in [1.29, 1.82) is 0 Å². The Bertz CT molecular complexity index is 195. The molecule has 0 radical (unpaired) electrons. The van der Waals surface area contributed by atoms with E-state index in [1.165, 1.54) is 70.6 Å². The fourth-order valence-corrected chi connectivity index (χ4v) is 2.70. The minimum absolute atomic E-state index is 0.231. The van der Waals surface area contributed by atoms with Crippen LogP contribution in [0.4, 0.5) is 0 Å². The van der Waals surface area contributed by atoms with E-state index in [-0.39, 0.29) is 6.42 Å². The molecule has 0 fully saturated rings. The van der Waals surface area contributed by atoms with Gasteiger partial charge in [0.05, 0.1) is 0 Å². The zero-order valence-corrected chi connectivity index (χ0v) is 13.9. The highest BCUT2D eigenvalue weighted by Gasteiger charge is 1.94. The zero-order chi connectivity index (χ0) is 14.2. The molecule has 0 aromatic rings. The number of hydrogen-bond donors (Lipinski definition) is 0. The van der Waals surface area contributed by atoms with Gasteiger partial charge < -0.3 is 9.90 Å². The molecular weight excluding hydrogens is 304 g/mol. The number of alkyl halides is 1. The molecule has 0 aromatic heterocycles. The predicted octanol–water partition coefficient (Wildman–Crippen LogP) is 4.59. The molecule has 0 bridgehead atoms. The molecule has 0 saturated carbocycles. The van der Waals surface area contributed by atoms with Gasteiger partial charge in [0.15, 0.2) is 0 Å². The van der Waals surface area contributed by atoms with Crippen molar-refractivity contribution in [3.8, 4) is 0 Å².